The third-order valence-corrected chi connectivity index (χ3v) is 2.97. The van der Waals surface area contributed by atoms with Crippen LogP contribution in [0, 0.1) is 6.92 Å². The molecule has 0 aliphatic rings. The molecule has 2 aromatic rings. The number of nitrogens with one attached hydrogen (secondary N) is 3. The smallest absolute Gasteiger partial charge is 0.408 e. The Bertz CT molecular complexity index is 719. The van der Waals surface area contributed by atoms with Gasteiger partial charge in [-0.3, -0.25) is 20.2 Å². The van der Waals surface area contributed by atoms with Crippen molar-refractivity contribution in [1.29, 1.82) is 0 Å². The van der Waals surface area contributed by atoms with Crippen LogP contribution in [0.1, 0.15) is 5.56 Å². The van der Waals surface area contributed by atoms with Gasteiger partial charge in [0.15, 0.2) is 10.7 Å². The summed E-state index contributed by atoms with van der Waals surface area (Å²) in [4.78, 5) is 23.5. The number of benzene rings is 1. The van der Waals surface area contributed by atoms with E-state index in [4.69, 9.17) is 16.6 Å². The molecule has 0 bridgehead atoms. The number of thiocarbonyl (C=S) groups is 1. The molecular formula is C12H14N4O3S. The van der Waals surface area contributed by atoms with E-state index in [2.05, 4.69) is 16.2 Å². The average molecular weight is 294 g/mol. The molecular weight excluding hydrogens is 280 g/mol. The van der Waals surface area contributed by atoms with Gasteiger partial charge in [-0.2, -0.15) is 0 Å². The number of carbonyl (C=O) groups is 1. The molecule has 8 heteroatoms. The first-order chi connectivity index (χ1) is 9.51. The normalized spacial score (nSPS) is 10.3. The van der Waals surface area contributed by atoms with Gasteiger partial charge in [0.1, 0.15) is 6.54 Å². The second kappa shape index (κ2) is 5.74. The zero-order valence-corrected chi connectivity index (χ0v) is 11.8. The Hall–Kier alpha value is -2.35. The van der Waals surface area contributed by atoms with Crippen LogP contribution < -0.4 is 21.9 Å². The Morgan fingerprint density at radius 3 is 2.85 bits per heavy atom. The Kier molecular flexibility index (Phi) is 4.04. The molecule has 1 aromatic heterocycles. The van der Waals surface area contributed by atoms with E-state index in [1.807, 2.05) is 13.0 Å². The summed E-state index contributed by atoms with van der Waals surface area (Å²) >= 11 is 4.82. The second-order valence-electron chi connectivity index (χ2n) is 4.18. The van der Waals surface area contributed by atoms with Gasteiger partial charge in [-0.15, -0.1) is 0 Å². The number of amides is 1. The van der Waals surface area contributed by atoms with Crippen molar-refractivity contribution in [3.63, 3.8) is 0 Å². The van der Waals surface area contributed by atoms with E-state index in [0.717, 1.165) is 5.56 Å². The van der Waals surface area contributed by atoms with Crippen LogP contribution in [0.3, 0.4) is 0 Å². The molecule has 20 heavy (non-hydrogen) atoms. The summed E-state index contributed by atoms with van der Waals surface area (Å²) < 4.78 is 6.34. The molecule has 0 saturated heterocycles. The van der Waals surface area contributed by atoms with Gasteiger partial charge >= 0.3 is 5.76 Å². The molecule has 3 N–H and O–H groups in total. The van der Waals surface area contributed by atoms with Crippen LogP contribution in [0.15, 0.2) is 27.4 Å². The fraction of sp³-hybridized carbons (Fsp3) is 0.250. The zero-order valence-electron chi connectivity index (χ0n) is 11.0. The number of oxazole rings is 1. The number of hydrogen-bond donors (Lipinski definition) is 3. The van der Waals surface area contributed by atoms with Gasteiger partial charge in [-0.25, -0.2) is 4.79 Å². The van der Waals surface area contributed by atoms with Gasteiger partial charge in [-0.1, -0.05) is 6.07 Å². The first-order valence-electron chi connectivity index (χ1n) is 5.88. The van der Waals surface area contributed by atoms with Gasteiger partial charge in [-0.05, 0) is 36.8 Å². The lowest BCUT2D eigenvalue weighted by molar-refractivity contribution is -0.122. The van der Waals surface area contributed by atoms with Crippen molar-refractivity contribution in [2.45, 2.75) is 13.5 Å². The van der Waals surface area contributed by atoms with Crippen LogP contribution in [-0.2, 0) is 11.3 Å². The van der Waals surface area contributed by atoms with Crippen LogP contribution in [0.2, 0.25) is 0 Å². The number of rotatable bonds is 2. The number of hydrazine groups is 1. The number of hydrogen-bond acceptors (Lipinski definition) is 4. The predicted molar refractivity (Wildman–Crippen MR) is 78.1 cm³/mol. The maximum atomic E-state index is 11.7. The third kappa shape index (κ3) is 2.97. The monoisotopic (exact) mass is 294 g/mol. The molecule has 0 radical (unpaired) electrons. The zero-order chi connectivity index (χ0) is 14.7. The highest BCUT2D eigenvalue weighted by Gasteiger charge is 2.12. The van der Waals surface area contributed by atoms with Gasteiger partial charge in [0, 0.05) is 7.05 Å². The van der Waals surface area contributed by atoms with E-state index in [1.54, 1.807) is 19.2 Å². The minimum absolute atomic E-state index is 0.158. The molecule has 0 fully saturated rings. The lowest BCUT2D eigenvalue weighted by Gasteiger charge is -2.08. The Balaban J connectivity index is 2.19. The fourth-order valence-corrected chi connectivity index (χ4v) is 1.75. The number of nitrogens with zero attached hydrogens (tertiary/aromatic N) is 1. The largest absolute Gasteiger partial charge is 0.420 e. The molecule has 0 unspecified atom stereocenters. The van der Waals surface area contributed by atoms with E-state index < -0.39 is 11.7 Å². The summed E-state index contributed by atoms with van der Waals surface area (Å²) in [5.74, 6) is -0.981. The Labute approximate surface area is 119 Å². The van der Waals surface area contributed by atoms with Crippen molar-refractivity contribution >= 4 is 34.3 Å². The number of aryl methyl sites for hydroxylation is 1. The van der Waals surface area contributed by atoms with E-state index in [9.17, 15) is 9.59 Å². The molecule has 2 rings (SSSR count). The average Bonchev–Trinajstić information content (AvgIpc) is 2.72. The minimum atomic E-state index is -0.572. The van der Waals surface area contributed by atoms with Crippen molar-refractivity contribution in [2.75, 3.05) is 7.05 Å². The lowest BCUT2D eigenvalue weighted by Crippen LogP contribution is -2.47. The summed E-state index contributed by atoms with van der Waals surface area (Å²) in [7, 11) is 1.62. The maximum absolute atomic E-state index is 11.7. The van der Waals surface area contributed by atoms with Crippen LogP contribution in [-0.4, -0.2) is 22.6 Å². The maximum Gasteiger partial charge on any atom is 0.420 e. The molecule has 1 aromatic carbocycles. The molecule has 106 valence electrons. The first-order valence-corrected chi connectivity index (χ1v) is 6.28. The molecule has 1 heterocycles. The Morgan fingerprint density at radius 1 is 1.40 bits per heavy atom. The number of carbonyl (C=O) groups excluding carboxylic acids is 1. The summed E-state index contributed by atoms with van der Waals surface area (Å²) in [6.07, 6.45) is 0. The predicted octanol–water partition coefficient (Wildman–Crippen LogP) is 0.0280. The lowest BCUT2D eigenvalue weighted by atomic mass is 10.2. The van der Waals surface area contributed by atoms with Crippen LogP contribution in [0.5, 0.6) is 0 Å². The highest BCUT2D eigenvalue weighted by atomic mass is 32.1. The van der Waals surface area contributed by atoms with E-state index in [1.165, 1.54) is 4.57 Å². The van der Waals surface area contributed by atoms with Crippen LogP contribution in [0.25, 0.3) is 11.1 Å². The van der Waals surface area contributed by atoms with Crippen LogP contribution in [0.4, 0.5) is 0 Å². The first kappa shape index (κ1) is 14.1. The van der Waals surface area contributed by atoms with Crippen molar-refractivity contribution in [1.82, 2.24) is 20.7 Å². The molecule has 0 aliphatic carbocycles. The van der Waals surface area contributed by atoms with Gasteiger partial charge < -0.3 is 9.73 Å². The summed E-state index contributed by atoms with van der Waals surface area (Å²) in [6, 6.07) is 5.33. The standard InChI is InChI=1S/C12H14N4O3S/c1-7-3-4-9-8(5-7)16(12(18)19-9)6-10(17)14-15-11(20)13-2/h3-5H,6H2,1-2H3,(H,14,17)(H2,13,15,20). The molecule has 7 nitrogen and oxygen atoms in total. The summed E-state index contributed by atoms with van der Waals surface area (Å²) in [5.41, 5.74) is 6.89. The van der Waals surface area contributed by atoms with Crippen molar-refractivity contribution in [3.8, 4) is 0 Å². The highest BCUT2D eigenvalue weighted by molar-refractivity contribution is 7.80. The van der Waals surface area contributed by atoms with E-state index in [0.29, 0.717) is 11.1 Å². The van der Waals surface area contributed by atoms with Crippen molar-refractivity contribution in [3.05, 3.63) is 34.3 Å². The van der Waals surface area contributed by atoms with Gasteiger partial charge in [0.25, 0.3) is 5.91 Å². The molecule has 0 atom stereocenters. The summed E-state index contributed by atoms with van der Waals surface area (Å²) in [6.45, 7) is 1.74. The minimum Gasteiger partial charge on any atom is -0.408 e. The number of fused-ring (bicyclic) bond motifs is 1. The fourth-order valence-electron chi connectivity index (χ4n) is 1.69. The second-order valence-corrected chi connectivity index (χ2v) is 4.59. The topological polar surface area (TPSA) is 88.3 Å². The Morgan fingerprint density at radius 2 is 2.15 bits per heavy atom. The summed E-state index contributed by atoms with van der Waals surface area (Å²) in [5, 5.41) is 2.92. The van der Waals surface area contributed by atoms with Crippen molar-refractivity contribution < 1.29 is 9.21 Å². The van der Waals surface area contributed by atoms with Crippen LogP contribution >= 0.6 is 12.2 Å². The van der Waals surface area contributed by atoms with Crippen molar-refractivity contribution in [2.24, 2.45) is 0 Å². The molecule has 1 amide bonds. The van der Waals surface area contributed by atoms with Gasteiger partial charge in [0.2, 0.25) is 0 Å². The SMILES string of the molecule is CNC(=S)NNC(=O)Cn1c(=O)oc2ccc(C)cc21. The highest BCUT2D eigenvalue weighted by Crippen LogP contribution is 2.14. The van der Waals surface area contributed by atoms with E-state index in [-0.39, 0.29) is 11.7 Å². The number of aromatic nitrogens is 1. The molecule has 0 spiro atoms. The third-order valence-electron chi connectivity index (χ3n) is 2.67. The quantitative estimate of drug-likeness (QED) is 0.535. The van der Waals surface area contributed by atoms with E-state index >= 15 is 0 Å². The molecule has 0 aliphatic heterocycles. The molecule has 0 saturated carbocycles. The van der Waals surface area contributed by atoms with Gasteiger partial charge in [0.05, 0.1) is 5.52 Å².